The van der Waals surface area contributed by atoms with Crippen molar-refractivity contribution in [1.82, 2.24) is 0 Å². The molecule has 10 heteroatoms. The predicted molar refractivity (Wildman–Crippen MR) is 317 cm³/mol. The van der Waals surface area contributed by atoms with Gasteiger partial charge in [0.05, 0.1) is 61.5 Å². The van der Waals surface area contributed by atoms with Gasteiger partial charge in [-0.3, -0.25) is 9.59 Å². The molecule has 418 valence electrons. The summed E-state index contributed by atoms with van der Waals surface area (Å²) in [6, 6.07) is 34.1. The van der Waals surface area contributed by atoms with Gasteiger partial charge >= 0.3 is 0 Å². The largest absolute Gasteiger partial charge is 0.494 e. The molecule has 0 aliphatic carbocycles. The molecule has 10 nitrogen and oxygen atoms in total. The molecule has 2 heterocycles. The minimum absolute atomic E-state index is 0.0659. The number of rotatable bonds is 40. The van der Waals surface area contributed by atoms with E-state index in [-0.39, 0.29) is 10.9 Å². The van der Waals surface area contributed by atoms with Crippen molar-refractivity contribution in [3.63, 3.8) is 0 Å². The maximum atomic E-state index is 13.4. The zero-order chi connectivity index (χ0) is 54.2. The van der Waals surface area contributed by atoms with Gasteiger partial charge in [-0.15, -0.1) is 0 Å². The van der Waals surface area contributed by atoms with Gasteiger partial charge in [0.25, 0.3) is 0 Å². The Morgan fingerprint density at radius 2 is 0.590 bits per heavy atom. The Morgan fingerprint density at radius 1 is 0.308 bits per heavy atom. The van der Waals surface area contributed by atoms with Crippen LogP contribution in [0.4, 0.5) is 0 Å². The number of hydrogen-bond donors (Lipinski definition) is 0. The molecule has 0 saturated heterocycles. The van der Waals surface area contributed by atoms with E-state index in [2.05, 4.69) is 13.8 Å². The molecule has 0 spiro atoms. The van der Waals surface area contributed by atoms with Crippen LogP contribution in [-0.4, -0.2) is 39.6 Å². The Hall–Kier alpha value is -6.68. The van der Waals surface area contributed by atoms with Crippen molar-refractivity contribution in [2.75, 3.05) is 39.6 Å². The molecule has 78 heavy (non-hydrogen) atoms. The molecule has 0 aliphatic rings. The second-order valence-corrected chi connectivity index (χ2v) is 20.7. The van der Waals surface area contributed by atoms with E-state index >= 15 is 0 Å². The molecule has 0 fully saturated rings. The van der Waals surface area contributed by atoms with Crippen LogP contribution in [0.1, 0.15) is 168 Å². The first-order valence-electron chi connectivity index (χ1n) is 29.7. The zero-order valence-corrected chi connectivity index (χ0v) is 46.8. The van der Waals surface area contributed by atoms with Crippen LogP contribution in [0.25, 0.3) is 44.2 Å². The van der Waals surface area contributed by atoms with Crippen LogP contribution in [-0.2, 0) is 0 Å². The number of ether oxygens (including phenoxy) is 6. The first-order valence-corrected chi connectivity index (χ1v) is 29.7. The highest BCUT2D eigenvalue weighted by Crippen LogP contribution is 2.28. The Bertz CT molecular complexity index is 2710. The fraction of sp³-hybridized carbons (Fsp3) is 0.471. The van der Waals surface area contributed by atoms with E-state index in [1.54, 1.807) is 36.8 Å². The summed E-state index contributed by atoms with van der Waals surface area (Å²) in [5, 5.41) is 1.06. The van der Waals surface area contributed by atoms with E-state index in [1.165, 1.54) is 89.9 Å². The fourth-order valence-electron chi connectivity index (χ4n) is 9.64. The summed E-state index contributed by atoms with van der Waals surface area (Å²) in [7, 11) is 0. The van der Waals surface area contributed by atoms with Gasteiger partial charge in [0.2, 0.25) is 0 Å². The van der Waals surface area contributed by atoms with Gasteiger partial charge in [-0.25, -0.2) is 0 Å². The normalized spacial score (nSPS) is 11.3. The van der Waals surface area contributed by atoms with Crippen molar-refractivity contribution >= 4 is 21.9 Å². The highest BCUT2D eigenvalue weighted by atomic mass is 16.5. The van der Waals surface area contributed by atoms with Crippen molar-refractivity contribution in [2.24, 2.45) is 0 Å². The van der Waals surface area contributed by atoms with Crippen molar-refractivity contribution in [1.29, 1.82) is 0 Å². The number of hydrogen-bond acceptors (Lipinski definition) is 10. The average molecular weight is 1060 g/mol. The van der Waals surface area contributed by atoms with Crippen molar-refractivity contribution < 1.29 is 37.3 Å². The molecule has 0 atom stereocenters. The minimum Gasteiger partial charge on any atom is -0.494 e. The lowest BCUT2D eigenvalue weighted by Crippen LogP contribution is -2.05. The predicted octanol–water partition coefficient (Wildman–Crippen LogP) is 18.3. The van der Waals surface area contributed by atoms with E-state index < -0.39 is 0 Å². The summed E-state index contributed by atoms with van der Waals surface area (Å²) < 4.78 is 48.0. The summed E-state index contributed by atoms with van der Waals surface area (Å²) in [5.41, 5.74) is 3.55. The minimum atomic E-state index is -0.0659. The molecule has 0 unspecified atom stereocenters. The molecule has 0 amide bonds. The van der Waals surface area contributed by atoms with Crippen LogP contribution in [0.2, 0.25) is 0 Å². The van der Waals surface area contributed by atoms with E-state index in [9.17, 15) is 9.59 Å². The molecule has 0 N–H and O–H groups in total. The van der Waals surface area contributed by atoms with E-state index in [4.69, 9.17) is 37.3 Å². The lowest BCUT2D eigenvalue weighted by molar-refractivity contribution is 0.279. The van der Waals surface area contributed by atoms with E-state index in [0.717, 1.165) is 98.3 Å². The molecule has 7 rings (SSSR count). The second kappa shape index (κ2) is 34.3. The summed E-state index contributed by atoms with van der Waals surface area (Å²) in [6.45, 7) is 8.34. The Morgan fingerprint density at radius 3 is 0.923 bits per heavy atom. The van der Waals surface area contributed by atoms with Gasteiger partial charge in [0.1, 0.15) is 58.2 Å². The Balaban J connectivity index is 0.700. The molecular weight excluding hydrogens is 977 g/mol. The van der Waals surface area contributed by atoms with Gasteiger partial charge in [-0.1, -0.05) is 134 Å². The highest BCUT2D eigenvalue weighted by Gasteiger charge is 2.13. The number of fused-ring (bicyclic) bond motifs is 2. The third-order valence-corrected chi connectivity index (χ3v) is 14.3. The first-order chi connectivity index (χ1) is 38.5. The SMILES string of the molecule is CCCCCCCCCCOc1ccc(-c2coc3cc(OCCCCCCOc4cccc(OCCCCCCOc5ccc6c(=O)c(-c7ccc(OCCCCCCCCCC)cc7)coc6c5)c4)ccc3c2=O)cc1. The van der Waals surface area contributed by atoms with Crippen molar-refractivity contribution in [3.8, 4) is 56.8 Å². The number of unbranched alkanes of at least 4 members (excludes halogenated alkanes) is 20. The van der Waals surface area contributed by atoms with E-state index in [0.29, 0.717) is 84.2 Å². The summed E-state index contributed by atoms with van der Waals surface area (Å²) in [5.74, 6) is 4.62. The van der Waals surface area contributed by atoms with Crippen LogP contribution < -0.4 is 39.3 Å². The summed E-state index contributed by atoms with van der Waals surface area (Å²) >= 11 is 0. The number of benzene rings is 5. The molecule has 0 saturated carbocycles. The van der Waals surface area contributed by atoms with Crippen LogP contribution in [0.15, 0.2) is 140 Å². The molecule has 2 aromatic heterocycles. The maximum Gasteiger partial charge on any atom is 0.200 e. The molecule has 7 aromatic rings. The molecule has 0 radical (unpaired) electrons. The lowest BCUT2D eigenvalue weighted by atomic mass is 10.1. The molecule has 5 aromatic carbocycles. The first kappa shape index (κ1) is 59.0. The summed E-state index contributed by atoms with van der Waals surface area (Å²) in [4.78, 5) is 26.9. The van der Waals surface area contributed by atoms with Gasteiger partial charge in [-0.05, 0) is 136 Å². The topological polar surface area (TPSA) is 116 Å². The quantitative estimate of drug-likeness (QED) is 0.0344. The van der Waals surface area contributed by atoms with Crippen LogP contribution in [0.5, 0.6) is 34.5 Å². The molecule has 0 bridgehead atoms. The third-order valence-electron chi connectivity index (χ3n) is 14.3. The zero-order valence-electron chi connectivity index (χ0n) is 46.8. The van der Waals surface area contributed by atoms with Gasteiger partial charge in [0, 0.05) is 18.2 Å². The van der Waals surface area contributed by atoms with Gasteiger partial charge in [0.15, 0.2) is 10.9 Å². The lowest BCUT2D eigenvalue weighted by Gasteiger charge is -2.10. The molecule has 0 aliphatic heterocycles. The van der Waals surface area contributed by atoms with Gasteiger partial charge < -0.3 is 37.3 Å². The van der Waals surface area contributed by atoms with E-state index in [1.807, 2.05) is 84.9 Å². The van der Waals surface area contributed by atoms with Crippen LogP contribution >= 0.6 is 0 Å². The van der Waals surface area contributed by atoms with Gasteiger partial charge in [-0.2, -0.15) is 0 Å². The molecular formula is C68H86O10. The van der Waals surface area contributed by atoms with Crippen molar-refractivity contribution in [3.05, 3.63) is 142 Å². The van der Waals surface area contributed by atoms with Crippen molar-refractivity contribution in [2.45, 2.75) is 168 Å². The second-order valence-electron chi connectivity index (χ2n) is 20.7. The third kappa shape index (κ3) is 20.0. The van der Waals surface area contributed by atoms with Crippen LogP contribution in [0, 0.1) is 0 Å². The highest BCUT2D eigenvalue weighted by molar-refractivity contribution is 5.83. The van der Waals surface area contributed by atoms with Crippen LogP contribution in [0.3, 0.4) is 0 Å². The maximum absolute atomic E-state index is 13.4. The average Bonchev–Trinajstić information content (AvgIpc) is 3.48. The smallest absolute Gasteiger partial charge is 0.200 e. The fourth-order valence-corrected chi connectivity index (χ4v) is 9.64. The monoisotopic (exact) mass is 1060 g/mol. The Labute approximate surface area is 463 Å². The Kier molecular flexibility index (Phi) is 25.9. The standard InChI is InChI=1S/C68H86O10/c1-3-5-7-9-11-13-15-21-42-71-55-34-30-53(31-35-55)63-51-77-65-49-59(38-40-61(65)67(63)69)75-46-25-19-17-23-44-73-57-28-27-29-58(48-57)74-45-24-18-20-26-47-76-60-39-41-62-66(50-60)78-52-64(68(62)70)54-32-36-56(37-33-54)72-43-22-16-14-12-10-8-6-4-2/h27-41,48-52H,3-26,42-47H2,1-2H3. The summed E-state index contributed by atoms with van der Waals surface area (Å²) in [6.07, 6.45) is 31.2.